The number of halogens is 2. The molecule has 1 atom stereocenters. The Labute approximate surface area is 194 Å². The summed E-state index contributed by atoms with van der Waals surface area (Å²) >= 11 is 0. The third-order valence-corrected chi connectivity index (χ3v) is 7.34. The highest BCUT2D eigenvalue weighted by atomic mass is 19.3. The van der Waals surface area contributed by atoms with E-state index in [9.17, 15) is 13.6 Å². The Hall–Kier alpha value is -2.21. The maximum Gasteiger partial charge on any atom is 0.303 e. The summed E-state index contributed by atoms with van der Waals surface area (Å²) in [5.74, 6) is 0.491. The highest BCUT2D eigenvalue weighted by Crippen LogP contribution is 2.38. The minimum Gasteiger partial charge on any atom is -0.490 e. The Balaban J connectivity index is 1.44. The van der Waals surface area contributed by atoms with Crippen LogP contribution in [0.5, 0.6) is 5.75 Å². The summed E-state index contributed by atoms with van der Waals surface area (Å²) in [6.45, 7) is 4.88. The Kier molecular flexibility index (Phi) is 7.84. The Morgan fingerprint density at radius 1 is 1.15 bits per heavy atom. The molecule has 0 bridgehead atoms. The van der Waals surface area contributed by atoms with Gasteiger partial charge in [0.2, 0.25) is 0 Å². The molecule has 2 aliphatic rings. The number of ether oxygens (including phenoxy) is 1. The summed E-state index contributed by atoms with van der Waals surface area (Å²) in [6, 6.07) is 9.37. The van der Waals surface area contributed by atoms with Gasteiger partial charge in [0.05, 0.1) is 11.7 Å². The number of nitrogens with zero attached hydrogens (tertiary/aromatic N) is 1. The summed E-state index contributed by atoms with van der Waals surface area (Å²) < 4.78 is 34.2. The molecule has 1 aliphatic heterocycles. The van der Waals surface area contributed by atoms with Crippen LogP contribution in [-0.4, -0.2) is 41.7 Å². The van der Waals surface area contributed by atoms with Crippen molar-refractivity contribution < 1.29 is 23.4 Å². The van der Waals surface area contributed by atoms with E-state index in [1.165, 1.54) is 0 Å². The number of hydrogen-bond acceptors (Lipinski definition) is 3. The number of carbonyl (C=O) groups is 1. The molecule has 1 aliphatic carbocycles. The van der Waals surface area contributed by atoms with Crippen molar-refractivity contribution in [1.82, 2.24) is 4.90 Å². The average Bonchev–Trinajstić information content (AvgIpc) is 2.78. The van der Waals surface area contributed by atoms with Crippen LogP contribution in [0.4, 0.5) is 8.78 Å². The van der Waals surface area contributed by atoms with Gasteiger partial charge >= 0.3 is 5.97 Å². The second-order valence-electron chi connectivity index (χ2n) is 9.99. The van der Waals surface area contributed by atoms with E-state index in [0.29, 0.717) is 17.1 Å². The first kappa shape index (κ1) is 23.9. The quantitative estimate of drug-likeness (QED) is 0.492. The third kappa shape index (κ3) is 6.23. The monoisotopic (exact) mass is 459 g/mol. The molecule has 0 radical (unpaired) electrons. The first-order valence-corrected chi connectivity index (χ1v) is 12.3. The molecule has 2 aromatic carbocycles. The van der Waals surface area contributed by atoms with Crippen molar-refractivity contribution in [2.75, 3.05) is 19.6 Å². The molecule has 33 heavy (non-hydrogen) atoms. The summed E-state index contributed by atoms with van der Waals surface area (Å²) in [5.41, 5.74) is 1.11. The second kappa shape index (κ2) is 10.8. The van der Waals surface area contributed by atoms with Crippen molar-refractivity contribution in [3.63, 3.8) is 0 Å². The SMILES string of the molecule is C[C@H]1CC[C@@H](Oc2ccc3cc(CCN4CCC[C@H](CC(=O)O)C4)ccc3c2C(F)F)CC1. The van der Waals surface area contributed by atoms with Crippen LogP contribution < -0.4 is 4.74 Å². The molecule has 2 fully saturated rings. The van der Waals surface area contributed by atoms with Gasteiger partial charge in [-0.05, 0) is 85.7 Å². The maximum atomic E-state index is 14.1. The van der Waals surface area contributed by atoms with Gasteiger partial charge in [-0.15, -0.1) is 0 Å². The first-order valence-electron chi connectivity index (χ1n) is 12.3. The molecule has 6 heteroatoms. The molecule has 0 spiro atoms. The van der Waals surface area contributed by atoms with Crippen LogP contribution in [0.1, 0.15) is 69.4 Å². The van der Waals surface area contributed by atoms with Crippen molar-refractivity contribution in [2.24, 2.45) is 11.8 Å². The number of rotatable bonds is 8. The van der Waals surface area contributed by atoms with E-state index in [2.05, 4.69) is 11.8 Å². The number of carboxylic acid groups (broad SMARTS) is 1. The lowest BCUT2D eigenvalue weighted by atomic mass is 9.89. The Morgan fingerprint density at radius 2 is 1.94 bits per heavy atom. The van der Waals surface area contributed by atoms with Gasteiger partial charge in [0.25, 0.3) is 6.43 Å². The zero-order valence-electron chi connectivity index (χ0n) is 19.4. The lowest BCUT2D eigenvalue weighted by molar-refractivity contribution is -0.138. The lowest BCUT2D eigenvalue weighted by Gasteiger charge is -2.32. The molecule has 1 heterocycles. The van der Waals surface area contributed by atoms with Gasteiger partial charge in [0.15, 0.2) is 0 Å². The molecule has 0 unspecified atom stereocenters. The molecule has 1 saturated heterocycles. The lowest BCUT2D eigenvalue weighted by Crippen LogP contribution is -2.37. The standard InChI is InChI=1S/C27H35F2NO3/c1-18-4-8-22(9-5-18)33-24-11-7-21-15-19(6-10-23(21)26(24)27(28)29)12-14-30-13-2-3-20(17-30)16-25(31)32/h6-7,10-11,15,18,20,22,27H,2-5,8-9,12-14,16-17H2,1H3,(H,31,32)/t18-,20-,22+/m1/s1. The first-order chi connectivity index (χ1) is 15.9. The number of carboxylic acids is 1. The predicted molar refractivity (Wildman–Crippen MR) is 126 cm³/mol. The summed E-state index contributed by atoms with van der Waals surface area (Å²) in [7, 11) is 0. The number of fused-ring (bicyclic) bond motifs is 1. The number of piperidine rings is 1. The molecular weight excluding hydrogens is 424 g/mol. The summed E-state index contributed by atoms with van der Waals surface area (Å²) in [4.78, 5) is 13.3. The van der Waals surface area contributed by atoms with Crippen LogP contribution in [0, 0.1) is 11.8 Å². The Morgan fingerprint density at radius 3 is 2.67 bits per heavy atom. The smallest absolute Gasteiger partial charge is 0.303 e. The van der Waals surface area contributed by atoms with Crippen LogP contribution in [0.3, 0.4) is 0 Å². The predicted octanol–water partition coefficient (Wildman–Crippen LogP) is 6.46. The van der Waals surface area contributed by atoms with Gasteiger partial charge in [0.1, 0.15) is 5.75 Å². The molecule has 2 aromatic rings. The topological polar surface area (TPSA) is 49.8 Å². The molecule has 4 rings (SSSR count). The number of hydrogen-bond donors (Lipinski definition) is 1. The molecule has 180 valence electrons. The fourth-order valence-electron chi connectivity index (χ4n) is 5.45. The second-order valence-corrected chi connectivity index (χ2v) is 9.99. The van der Waals surface area contributed by atoms with E-state index < -0.39 is 12.4 Å². The third-order valence-electron chi connectivity index (χ3n) is 7.34. The van der Waals surface area contributed by atoms with E-state index in [4.69, 9.17) is 9.84 Å². The van der Waals surface area contributed by atoms with Crippen molar-refractivity contribution >= 4 is 16.7 Å². The Bertz CT molecular complexity index is 956. The highest BCUT2D eigenvalue weighted by molar-refractivity contribution is 5.88. The van der Waals surface area contributed by atoms with Crippen LogP contribution in [-0.2, 0) is 11.2 Å². The fourth-order valence-corrected chi connectivity index (χ4v) is 5.45. The van der Waals surface area contributed by atoms with Crippen LogP contribution >= 0.6 is 0 Å². The van der Waals surface area contributed by atoms with Crippen LogP contribution in [0.15, 0.2) is 30.3 Å². The minimum atomic E-state index is -2.59. The van der Waals surface area contributed by atoms with Crippen molar-refractivity contribution in [3.8, 4) is 5.75 Å². The molecule has 1 N–H and O–H groups in total. The minimum absolute atomic E-state index is 0.00483. The van der Waals surface area contributed by atoms with E-state index in [-0.39, 0.29) is 24.0 Å². The normalized spacial score (nSPS) is 24.3. The molecule has 0 aromatic heterocycles. The summed E-state index contributed by atoms with van der Waals surface area (Å²) in [6.07, 6.45) is 4.48. The van der Waals surface area contributed by atoms with Crippen molar-refractivity contribution in [2.45, 2.75) is 70.8 Å². The van der Waals surface area contributed by atoms with Gasteiger partial charge in [-0.2, -0.15) is 0 Å². The van der Waals surface area contributed by atoms with E-state index in [0.717, 1.165) is 75.5 Å². The average molecular weight is 460 g/mol. The number of likely N-dealkylation sites (tertiary alicyclic amines) is 1. The number of aliphatic carboxylic acids is 1. The zero-order valence-corrected chi connectivity index (χ0v) is 19.4. The molecule has 0 amide bonds. The maximum absolute atomic E-state index is 14.1. The van der Waals surface area contributed by atoms with Gasteiger partial charge in [-0.1, -0.05) is 31.2 Å². The van der Waals surface area contributed by atoms with Crippen molar-refractivity contribution in [3.05, 3.63) is 41.5 Å². The number of benzene rings is 2. The van der Waals surface area contributed by atoms with Gasteiger partial charge < -0.3 is 14.7 Å². The van der Waals surface area contributed by atoms with Crippen LogP contribution in [0.25, 0.3) is 10.8 Å². The highest BCUT2D eigenvalue weighted by Gasteiger charge is 2.25. The summed E-state index contributed by atoms with van der Waals surface area (Å²) in [5, 5.41) is 10.4. The largest absolute Gasteiger partial charge is 0.490 e. The fraction of sp³-hybridized carbons (Fsp3) is 0.593. The van der Waals surface area contributed by atoms with Gasteiger partial charge in [0, 0.05) is 19.5 Å². The van der Waals surface area contributed by atoms with Crippen LogP contribution in [0.2, 0.25) is 0 Å². The van der Waals surface area contributed by atoms with Gasteiger partial charge in [-0.25, -0.2) is 8.78 Å². The van der Waals surface area contributed by atoms with Crippen molar-refractivity contribution in [1.29, 1.82) is 0 Å². The molecular formula is C27H35F2NO3. The molecule has 1 saturated carbocycles. The molecule has 4 nitrogen and oxygen atoms in total. The number of alkyl halides is 2. The zero-order chi connectivity index (χ0) is 23.4. The van der Waals surface area contributed by atoms with Gasteiger partial charge in [-0.3, -0.25) is 4.79 Å². The van der Waals surface area contributed by atoms with E-state index in [1.807, 2.05) is 24.3 Å². The van der Waals surface area contributed by atoms with E-state index in [1.54, 1.807) is 6.07 Å². The van der Waals surface area contributed by atoms with E-state index >= 15 is 0 Å².